The number of hydrogen-bond donors (Lipinski definition) is 0. The number of carbonyl (C=O) groups excluding carboxylic acids is 1. The van der Waals surface area contributed by atoms with Gasteiger partial charge in [0.1, 0.15) is 5.92 Å². The summed E-state index contributed by atoms with van der Waals surface area (Å²) >= 11 is 0. The zero-order valence-electron chi connectivity index (χ0n) is 9.71. The second-order valence-electron chi connectivity index (χ2n) is 3.88. The van der Waals surface area contributed by atoms with Crippen molar-refractivity contribution < 1.29 is 22.5 Å². The molecule has 0 bridgehead atoms. The summed E-state index contributed by atoms with van der Waals surface area (Å²) in [5, 5.41) is 3.57. The molecular weight excluding hydrogens is 237 g/mol. The van der Waals surface area contributed by atoms with Crippen molar-refractivity contribution in [2.24, 2.45) is 0 Å². The average Bonchev–Trinajstić information content (AvgIpc) is 2.73. The number of hydrogen-bond acceptors (Lipinski definition) is 4. The number of halogens is 3. The Labute approximate surface area is 96.2 Å². The fourth-order valence-corrected chi connectivity index (χ4v) is 1.16. The van der Waals surface area contributed by atoms with E-state index in [1.165, 1.54) is 0 Å². The number of rotatable bonds is 4. The fraction of sp³-hybridized carbons (Fsp3) is 0.700. The summed E-state index contributed by atoms with van der Waals surface area (Å²) in [5.74, 6) is -3.32. The Balaban J connectivity index is 2.87. The average molecular weight is 250 g/mol. The van der Waals surface area contributed by atoms with Crippen LogP contribution in [0.3, 0.4) is 0 Å². The molecule has 0 saturated carbocycles. The molecule has 0 amide bonds. The number of carbonyl (C=O) groups is 1. The maximum atomic E-state index is 12.2. The highest BCUT2D eigenvalue weighted by Gasteiger charge is 2.44. The minimum Gasteiger partial charge on any atom is -0.339 e. The zero-order chi connectivity index (χ0) is 13.2. The largest absolute Gasteiger partial charge is 0.450 e. The molecule has 0 aliphatic carbocycles. The number of alkyl halides is 3. The predicted molar refractivity (Wildman–Crippen MR) is 52.5 cm³/mol. The van der Waals surface area contributed by atoms with Gasteiger partial charge in [-0.2, -0.15) is 18.2 Å². The molecule has 0 N–H and O–H groups in total. The molecular formula is C10H13F3N2O2. The Morgan fingerprint density at radius 3 is 2.47 bits per heavy atom. The summed E-state index contributed by atoms with van der Waals surface area (Å²) in [6.45, 7) is 4.82. The highest BCUT2D eigenvalue weighted by atomic mass is 19.4. The van der Waals surface area contributed by atoms with Crippen LogP contribution in [0.1, 0.15) is 50.7 Å². The third-order valence-corrected chi connectivity index (χ3v) is 2.55. The third kappa shape index (κ3) is 3.04. The first kappa shape index (κ1) is 13.7. The second kappa shape index (κ2) is 4.85. The van der Waals surface area contributed by atoms with Crippen LogP contribution in [0, 0.1) is 0 Å². The van der Waals surface area contributed by atoms with E-state index in [4.69, 9.17) is 0 Å². The molecule has 2 unspecified atom stereocenters. The lowest BCUT2D eigenvalue weighted by atomic mass is 10.1. The van der Waals surface area contributed by atoms with E-state index < -0.39 is 17.9 Å². The number of nitrogens with zero attached hydrogens (tertiary/aromatic N) is 2. The lowest BCUT2D eigenvalue weighted by Crippen LogP contribution is -2.27. The van der Waals surface area contributed by atoms with Crippen LogP contribution < -0.4 is 0 Å². The Morgan fingerprint density at radius 1 is 1.41 bits per heavy atom. The number of Topliss-reactive ketones (excluding diaryl/α,β-unsaturated/α-hetero) is 1. The molecule has 1 rings (SSSR count). The molecule has 0 aromatic carbocycles. The maximum Gasteiger partial charge on any atom is 0.450 e. The van der Waals surface area contributed by atoms with Gasteiger partial charge in [-0.3, -0.25) is 4.79 Å². The molecule has 0 fully saturated rings. The third-order valence-electron chi connectivity index (χ3n) is 2.55. The SMILES string of the molecule is CCC(C)c1noc(C(C)C(=O)C(F)(F)F)n1. The summed E-state index contributed by atoms with van der Waals surface area (Å²) in [4.78, 5) is 14.8. The minimum absolute atomic E-state index is 0.0133. The van der Waals surface area contributed by atoms with E-state index in [-0.39, 0.29) is 11.8 Å². The molecule has 7 heteroatoms. The molecule has 1 aromatic heterocycles. The van der Waals surface area contributed by atoms with Gasteiger partial charge in [-0.15, -0.1) is 0 Å². The van der Waals surface area contributed by atoms with E-state index in [0.29, 0.717) is 5.82 Å². The van der Waals surface area contributed by atoms with Gasteiger partial charge in [0.15, 0.2) is 5.82 Å². The standard InChI is InChI=1S/C10H13F3N2O2/c1-4-5(2)8-14-9(17-15-8)6(3)7(16)10(11,12)13/h5-6H,4H2,1-3H3. The van der Waals surface area contributed by atoms with Gasteiger partial charge in [0.05, 0.1) is 0 Å². The zero-order valence-corrected chi connectivity index (χ0v) is 9.71. The number of aromatic nitrogens is 2. The van der Waals surface area contributed by atoms with E-state index in [0.717, 1.165) is 13.3 Å². The van der Waals surface area contributed by atoms with Gasteiger partial charge >= 0.3 is 6.18 Å². The van der Waals surface area contributed by atoms with Crippen LogP contribution in [-0.2, 0) is 4.79 Å². The van der Waals surface area contributed by atoms with Crippen molar-refractivity contribution in [1.29, 1.82) is 0 Å². The fourth-order valence-electron chi connectivity index (χ4n) is 1.16. The van der Waals surface area contributed by atoms with E-state index in [1.54, 1.807) is 0 Å². The van der Waals surface area contributed by atoms with Gasteiger partial charge in [-0.25, -0.2) is 0 Å². The summed E-state index contributed by atoms with van der Waals surface area (Å²) < 4.78 is 41.2. The monoisotopic (exact) mass is 250 g/mol. The van der Waals surface area contributed by atoms with Crippen LogP contribution in [0.4, 0.5) is 13.2 Å². The van der Waals surface area contributed by atoms with Crippen molar-refractivity contribution in [2.45, 2.75) is 45.2 Å². The lowest BCUT2D eigenvalue weighted by Gasteiger charge is -2.08. The summed E-state index contributed by atoms with van der Waals surface area (Å²) in [6, 6.07) is 0. The first-order valence-electron chi connectivity index (χ1n) is 5.21. The van der Waals surface area contributed by atoms with E-state index >= 15 is 0 Å². The van der Waals surface area contributed by atoms with Gasteiger partial charge in [-0.05, 0) is 13.3 Å². The van der Waals surface area contributed by atoms with Crippen LogP contribution in [0.25, 0.3) is 0 Å². The molecule has 0 radical (unpaired) electrons. The normalized spacial score (nSPS) is 15.6. The van der Waals surface area contributed by atoms with Crippen molar-refractivity contribution in [3.63, 3.8) is 0 Å². The van der Waals surface area contributed by atoms with Gasteiger partial charge in [0.2, 0.25) is 11.7 Å². The van der Waals surface area contributed by atoms with Crippen molar-refractivity contribution in [1.82, 2.24) is 10.1 Å². The molecule has 0 saturated heterocycles. The Morgan fingerprint density at radius 2 is 2.00 bits per heavy atom. The van der Waals surface area contributed by atoms with E-state index in [2.05, 4.69) is 14.7 Å². The smallest absolute Gasteiger partial charge is 0.339 e. The Bertz CT molecular complexity index is 401. The van der Waals surface area contributed by atoms with Crippen LogP contribution in [0.2, 0.25) is 0 Å². The molecule has 2 atom stereocenters. The Hall–Kier alpha value is -1.40. The van der Waals surface area contributed by atoms with Crippen molar-refractivity contribution >= 4 is 5.78 Å². The van der Waals surface area contributed by atoms with Gasteiger partial charge in [-0.1, -0.05) is 19.0 Å². The highest BCUT2D eigenvalue weighted by molar-refractivity contribution is 5.89. The molecule has 0 aliphatic heterocycles. The molecule has 96 valence electrons. The summed E-state index contributed by atoms with van der Waals surface area (Å²) in [5.41, 5.74) is 0. The number of ketones is 1. The van der Waals surface area contributed by atoms with Gasteiger partial charge in [0.25, 0.3) is 0 Å². The molecule has 1 heterocycles. The van der Waals surface area contributed by atoms with E-state index in [1.807, 2.05) is 13.8 Å². The van der Waals surface area contributed by atoms with Gasteiger partial charge in [0, 0.05) is 5.92 Å². The quantitative estimate of drug-likeness (QED) is 0.824. The first-order valence-corrected chi connectivity index (χ1v) is 5.21. The van der Waals surface area contributed by atoms with Crippen molar-refractivity contribution in [3.05, 3.63) is 11.7 Å². The molecule has 1 aromatic rings. The van der Waals surface area contributed by atoms with E-state index in [9.17, 15) is 18.0 Å². The molecule has 17 heavy (non-hydrogen) atoms. The van der Waals surface area contributed by atoms with Crippen LogP contribution in [0.5, 0.6) is 0 Å². The predicted octanol–water partition coefficient (Wildman–Crippen LogP) is 2.82. The topological polar surface area (TPSA) is 56.0 Å². The maximum absolute atomic E-state index is 12.2. The van der Waals surface area contributed by atoms with Crippen LogP contribution in [0.15, 0.2) is 4.52 Å². The molecule has 0 spiro atoms. The van der Waals surface area contributed by atoms with Crippen LogP contribution in [-0.4, -0.2) is 22.1 Å². The van der Waals surface area contributed by atoms with Crippen LogP contribution >= 0.6 is 0 Å². The summed E-state index contributed by atoms with van der Waals surface area (Å²) in [6.07, 6.45) is -4.15. The van der Waals surface area contributed by atoms with Crippen molar-refractivity contribution in [3.8, 4) is 0 Å². The van der Waals surface area contributed by atoms with Gasteiger partial charge < -0.3 is 4.52 Å². The molecule has 0 aliphatic rings. The minimum atomic E-state index is -4.88. The molecule has 4 nitrogen and oxygen atoms in total. The summed E-state index contributed by atoms with van der Waals surface area (Å²) in [7, 11) is 0. The second-order valence-corrected chi connectivity index (χ2v) is 3.88. The lowest BCUT2D eigenvalue weighted by molar-refractivity contribution is -0.172. The first-order chi connectivity index (χ1) is 7.77. The Kier molecular flexibility index (Phi) is 3.90. The van der Waals surface area contributed by atoms with Crippen molar-refractivity contribution in [2.75, 3.05) is 0 Å². The highest BCUT2D eigenvalue weighted by Crippen LogP contribution is 2.27.